The van der Waals surface area contributed by atoms with Gasteiger partial charge >= 0.3 is 0 Å². The minimum atomic E-state index is -0.625. The highest BCUT2D eigenvalue weighted by molar-refractivity contribution is 7.12. The first-order chi connectivity index (χ1) is 10.1. The molecular weight excluding hydrogens is 308 g/mol. The Morgan fingerprint density at radius 2 is 2.33 bits per heavy atom. The summed E-state index contributed by atoms with van der Waals surface area (Å²) in [5, 5.41) is 13.2. The van der Waals surface area contributed by atoms with E-state index in [4.69, 9.17) is 11.6 Å². The van der Waals surface area contributed by atoms with Crippen molar-refractivity contribution in [3.63, 3.8) is 0 Å². The lowest BCUT2D eigenvalue weighted by molar-refractivity contribution is 0.103. The average molecular weight is 321 g/mol. The van der Waals surface area contributed by atoms with Gasteiger partial charge in [0, 0.05) is 27.5 Å². The molecule has 0 fully saturated rings. The highest BCUT2D eigenvalue weighted by Gasteiger charge is 2.19. The number of aromatic nitrogens is 2. The molecule has 4 nitrogen and oxygen atoms in total. The number of nitrogens with zero attached hydrogens (tertiary/aromatic N) is 1. The molecule has 0 aliphatic rings. The molecule has 0 spiro atoms. The summed E-state index contributed by atoms with van der Waals surface area (Å²) < 4.78 is 0. The molecular formula is C15H13ClN2O2S. The van der Waals surface area contributed by atoms with Crippen LogP contribution >= 0.6 is 22.9 Å². The number of hydrogen-bond acceptors (Lipinski definition) is 4. The van der Waals surface area contributed by atoms with Gasteiger partial charge in [-0.25, -0.2) is 4.98 Å². The first-order valence-electron chi connectivity index (χ1n) is 6.55. The molecule has 2 heterocycles. The van der Waals surface area contributed by atoms with Crippen LogP contribution in [0.15, 0.2) is 29.8 Å². The molecule has 6 heteroatoms. The fourth-order valence-corrected chi connectivity index (χ4v) is 3.14. The van der Waals surface area contributed by atoms with Gasteiger partial charge in [-0.2, -0.15) is 0 Å². The van der Waals surface area contributed by atoms with Crippen LogP contribution in [-0.4, -0.2) is 20.9 Å². The first-order valence-corrected chi connectivity index (χ1v) is 7.80. The number of rotatable bonds is 4. The molecule has 108 valence electrons. The lowest BCUT2D eigenvalue weighted by Gasteiger charge is -2.01. The molecule has 0 amide bonds. The van der Waals surface area contributed by atoms with Gasteiger partial charge in [-0.15, -0.1) is 11.3 Å². The van der Waals surface area contributed by atoms with E-state index in [9.17, 15) is 9.90 Å². The molecule has 3 rings (SSSR count). The number of aliphatic hydroxyl groups is 1. The van der Waals surface area contributed by atoms with Gasteiger partial charge in [0.25, 0.3) is 0 Å². The van der Waals surface area contributed by atoms with Crippen LogP contribution < -0.4 is 0 Å². The van der Waals surface area contributed by atoms with Gasteiger partial charge in [-0.1, -0.05) is 18.5 Å². The number of halogens is 1. The van der Waals surface area contributed by atoms with E-state index in [-0.39, 0.29) is 5.78 Å². The molecule has 0 aliphatic carbocycles. The van der Waals surface area contributed by atoms with E-state index in [1.807, 2.05) is 13.0 Å². The number of nitrogens with one attached hydrogen (secondary N) is 1. The lowest BCUT2D eigenvalue weighted by atomic mass is 10.1. The van der Waals surface area contributed by atoms with Gasteiger partial charge in [0.1, 0.15) is 0 Å². The van der Waals surface area contributed by atoms with E-state index in [0.717, 1.165) is 10.9 Å². The summed E-state index contributed by atoms with van der Waals surface area (Å²) in [6.07, 6.45) is 1.61. The van der Waals surface area contributed by atoms with E-state index in [2.05, 4.69) is 9.97 Å². The maximum Gasteiger partial charge on any atom is 0.223 e. The van der Waals surface area contributed by atoms with Crippen LogP contribution in [0.25, 0.3) is 10.9 Å². The van der Waals surface area contributed by atoms with E-state index in [1.165, 1.54) is 11.3 Å². The third kappa shape index (κ3) is 2.60. The van der Waals surface area contributed by atoms with Crippen molar-refractivity contribution in [1.29, 1.82) is 0 Å². The zero-order chi connectivity index (χ0) is 15.0. The standard InChI is InChI=1S/C15H13ClN2O2S/c1-2-13(19)12-7-21-15(18-12)14(20)10-6-17-11-4-3-8(16)5-9(10)11/h3-7,13,17,19H,2H2,1H3/t13-/m1/s1. The number of carbonyl (C=O) groups excluding carboxylic acids is 1. The van der Waals surface area contributed by atoms with Crippen molar-refractivity contribution in [3.8, 4) is 0 Å². The van der Waals surface area contributed by atoms with Crippen molar-refractivity contribution in [3.05, 3.63) is 51.1 Å². The van der Waals surface area contributed by atoms with Crippen molar-refractivity contribution in [2.24, 2.45) is 0 Å². The summed E-state index contributed by atoms with van der Waals surface area (Å²) in [5.41, 5.74) is 1.94. The number of hydrogen-bond donors (Lipinski definition) is 2. The zero-order valence-electron chi connectivity index (χ0n) is 11.3. The van der Waals surface area contributed by atoms with E-state index in [0.29, 0.717) is 27.7 Å². The van der Waals surface area contributed by atoms with Crippen molar-refractivity contribution >= 4 is 39.6 Å². The smallest absolute Gasteiger partial charge is 0.223 e. The predicted octanol–water partition coefficient (Wildman–Crippen LogP) is 3.95. The number of H-pyrrole nitrogens is 1. The van der Waals surface area contributed by atoms with Gasteiger partial charge < -0.3 is 10.1 Å². The summed E-state index contributed by atoms with van der Waals surface area (Å²) in [7, 11) is 0. The summed E-state index contributed by atoms with van der Waals surface area (Å²) in [6.45, 7) is 1.87. The van der Waals surface area contributed by atoms with Crippen LogP contribution in [0.5, 0.6) is 0 Å². The molecule has 0 saturated carbocycles. The topological polar surface area (TPSA) is 66.0 Å². The Morgan fingerprint density at radius 3 is 3.10 bits per heavy atom. The van der Waals surface area contributed by atoms with Crippen molar-refractivity contribution in [2.45, 2.75) is 19.4 Å². The van der Waals surface area contributed by atoms with Crippen molar-refractivity contribution in [1.82, 2.24) is 9.97 Å². The number of thiazole rings is 1. The highest BCUT2D eigenvalue weighted by atomic mass is 35.5. The van der Waals surface area contributed by atoms with Gasteiger partial charge in [0.15, 0.2) is 5.01 Å². The second-order valence-electron chi connectivity index (χ2n) is 4.72. The Hall–Kier alpha value is -1.69. The maximum atomic E-state index is 12.6. The Labute approximate surface area is 130 Å². The number of aromatic amines is 1. The van der Waals surface area contributed by atoms with Gasteiger partial charge in [0.05, 0.1) is 17.4 Å². The Kier molecular flexibility index (Phi) is 3.80. The van der Waals surface area contributed by atoms with Gasteiger partial charge in [0.2, 0.25) is 5.78 Å². The molecule has 0 unspecified atom stereocenters. The van der Waals surface area contributed by atoms with Gasteiger partial charge in [-0.3, -0.25) is 4.79 Å². The Morgan fingerprint density at radius 1 is 1.52 bits per heavy atom. The number of benzene rings is 1. The zero-order valence-corrected chi connectivity index (χ0v) is 12.8. The molecule has 3 aromatic rings. The summed E-state index contributed by atoms with van der Waals surface area (Å²) >= 11 is 7.24. The minimum absolute atomic E-state index is 0.164. The number of fused-ring (bicyclic) bond motifs is 1. The highest BCUT2D eigenvalue weighted by Crippen LogP contribution is 2.26. The van der Waals surface area contributed by atoms with Crippen LogP contribution in [0.4, 0.5) is 0 Å². The van der Waals surface area contributed by atoms with E-state index >= 15 is 0 Å². The Balaban J connectivity index is 2.00. The quantitative estimate of drug-likeness (QED) is 0.715. The lowest BCUT2D eigenvalue weighted by Crippen LogP contribution is -2.02. The number of carbonyl (C=O) groups is 1. The molecule has 0 bridgehead atoms. The second-order valence-corrected chi connectivity index (χ2v) is 6.02. The van der Waals surface area contributed by atoms with Crippen LogP contribution in [0.1, 0.15) is 40.5 Å². The molecule has 1 atom stereocenters. The van der Waals surface area contributed by atoms with Crippen molar-refractivity contribution < 1.29 is 9.90 Å². The summed E-state index contributed by atoms with van der Waals surface area (Å²) in [6, 6.07) is 5.37. The molecule has 2 N–H and O–H groups in total. The average Bonchev–Trinajstić information content (AvgIpc) is 3.12. The molecule has 0 radical (unpaired) electrons. The monoisotopic (exact) mass is 320 g/mol. The fourth-order valence-electron chi connectivity index (χ4n) is 2.15. The van der Waals surface area contributed by atoms with E-state index < -0.39 is 6.10 Å². The van der Waals surface area contributed by atoms with Gasteiger partial charge in [-0.05, 0) is 24.6 Å². The molecule has 2 aromatic heterocycles. The second kappa shape index (κ2) is 5.60. The molecule has 0 aliphatic heterocycles. The summed E-state index contributed by atoms with van der Waals surface area (Å²) in [5.74, 6) is -0.164. The van der Waals surface area contributed by atoms with Crippen molar-refractivity contribution in [2.75, 3.05) is 0 Å². The molecule has 1 aromatic carbocycles. The van der Waals surface area contributed by atoms with Crippen LogP contribution in [-0.2, 0) is 0 Å². The fraction of sp³-hybridized carbons (Fsp3) is 0.200. The van der Waals surface area contributed by atoms with Crippen LogP contribution in [0.3, 0.4) is 0 Å². The third-order valence-corrected chi connectivity index (χ3v) is 4.43. The maximum absolute atomic E-state index is 12.6. The number of aliphatic hydroxyl groups excluding tert-OH is 1. The third-order valence-electron chi connectivity index (χ3n) is 3.33. The number of ketones is 1. The largest absolute Gasteiger partial charge is 0.387 e. The minimum Gasteiger partial charge on any atom is -0.387 e. The van der Waals surface area contributed by atoms with E-state index in [1.54, 1.807) is 23.7 Å². The molecule has 0 saturated heterocycles. The van der Waals surface area contributed by atoms with Crippen LogP contribution in [0, 0.1) is 0 Å². The SMILES string of the molecule is CC[C@@H](O)c1csc(C(=O)c2c[nH]c3ccc(Cl)cc23)n1. The summed E-state index contributed by atoms with van der Waals surface area (Å²) in [4.78, 5) is 19.9. The predicted molar refractivity (Wildman–Crippen MR) is 84.1 cm³/mol. The Bertz CT molecular complexity index is 809. The van der Waals surface area contributed by atoms with Crippen LogP contribution in [0.2, 0.25) is 5.02 Å². The molecule has 21 heavy (non-hydrogen) atoms. The first kappa shape index (κ1) is 14.3. The normalized spacial score (nSPS) is 12.7.